The molecule has 1 aliphatic rings. The fraction of sp³-hybridized carbons (Fsp3) is 1.00. The van der Waals surface area contributed by atoms with Crippen LogP contribution in [0.25, 0.3) is 0 Å². The fourth-order valence-electron chi connectivity index (χ4n) is 3.39. The van der Waals surface area contributed by atoms with Gasteiger partial charge in [0.05, 0.1) is 0 Å². The second-order valence-corrected chi connectivity index (χ2v) is 21.7. The van der Waals surface area contributed by atoms with Gasteiger partial charge in [0, 0.05) is 0 Å². The minimum absolute atomic E-state index is 0.165. The van der Waals surface area contributed by atoms with E-state index in [0.29, 0.717) is 0 Å². The van der Waals surface area contributed by atoms with Gasteiger partial charge in [-0.3, -0.25) is 0 Å². The third-order valence-electron chi connectivity index (χ3n) is 4.23. The van der Waals surface area contributed by atoms with E-state index in [1.165, 1.54) is 19.4 Å². The van der Waals surface area contributed by atoms with Crippen molar-refractivity contribution in [3.63, 3.8) is 0 Å². The predicted octanol–water partition coefficient (Wildman–Crippen LogP) is 4.18. The summed E-state index contributed by atoms with van der Waals surface area (Å²) in [7, 11) is 0. The van der Waals surface area contributed by atoms with Crippen molar-refractivity contribution >= 4 is 19.2 Å². The van der Waals surface area contributed by atoms with Crippen molar-refractivity contribution in [3.05, 3.63) is 0 Å². The van der Waals surface area contributed by atoms with Crippen LogP contribution in [0.3, 0.4) is 0 Å². The molecule has 0 unspecified atom stereocenters. The van der Waals surface area contributed by atoms with Crippen LogP contribution < -0.4 is 0 Å². The van der Waals surface area contributed by atoms with Crippen LogP contribution in [-0.4, -0.2) is 57.0 Å². The summed E-state index contributed by atoms with van der Waals surface area (Å²) in [5, 5.41) is 0. The molecule has 0 bridgehead atoms. The molecule has 1 rings (SSSR count). The molecule has 1 aliphatic heterocycles. The monoisotopic (exact) mass is 393 g/mol. The summed E-state index contributed by atoms with van der Waals surface area (Å²) >= 11 is -3.15. The SMILES string of the molecule is CCCCN1CC[O][Sn]([C](C)(C)C)([C](C)(C)C)[O]CC1. The van der Waals surface area contributed by atoms with Crippen molar-refractivity contribution in [2.24, 2.45) is 0 Å². The van der Waals surface area contributed by atoms with Gasteiger partial charge in [0.15, 0.2) is 0 Å². The maximum absolute atomic E-state index is 6.56. The molecule has 0 atom stereocenters. The van der Waals surface area contributed by atoms with Crippen molar-refractivity contribution in [1.29, 1.82) is 0 Å². The quantitative estimate of drug-likeness (QED) is 0.673. The summed E-state index contributed by atoms with van der Waals surface area (Å²) in [5.41, 5.74) is 0. The molecule has 1 heterocycles. The molecule has 4 heteroatoms. The van der Waals surface area contributed by atoms with E-state index in [-0.39, 0.29) is 6.86 Å². The summed E-state index contributed by atoms with van der Waals surface area (Å²) in [6, 6.07) is 0. The van der Waals surface area contributed by atoms with E-state index in [4.69, 9.17) is 6.15 Å². The zero-order chi connectivity index (χ0) is 15.4. The van der Waals surface area contributed by atoms with Crippen LogP contribution in [0.2, 0.25) is 6.86 Å². The zero-order valence-corrected chi connectivity index (χ0v) is 17.6. The van der Waals surface area contributed by atoms with Gasteiger partial charge in [-0.25, -0.2) is 0 Å². The maximum atomic E-state index is 6.56. The third kappa shape index (κ3) is 4.34. The molecule has 0 aliphatic carbocycles. The first-order valence-electron chi connectivity index (χ1n) is 8.14. The first kappa shape index (κ1) is 18.7. The van der Waals surface area contributed by atoms with Gasteiger partial charge in [0.2, 0.25) is 0 Å². The molecule has 0 aromatic carbocycles. The Labute approximate surface area is 131 Å². The molecule has 0 aromatic heterocycles. The molecule has 1 fully saturated rings. The summed E-state index contributed by atoms with van der Waals surface area (Å²) in [6.45, 7) is 21.1. The van der Waals surface area contributed by atoms with Gasteiger partial charge >= 0.3 is 131 Å². The van der Waals surface area contributed by atoms with Crippen LogP contribution in [0.5, 0.6) is 0 Å². The summed E-state index contributed by atoms with van der Waals surface area (Å²) < 4.78 is 13.4. The molecule has 20 heavy (non-hydrogen) atoms. The molecule has 1 saturated heterocycles. The predicted molar refractivity (Wildman–Crippen MR) is 88.4 cm³/mol. The molecule has 0 spiro atoms. The van der Waals surface area contributed by atoms with Crippen molar-refractivity contribution in [2.75, 3.05) is 32.8 Å². The Hall–Kier alpha value is 0.679. The van der Waals surface area contributed by atoms with E-state index < -0.39 is 19.2 Å². The van der Waals surface area contributed by atoms with E-state index in [0.717, 1.165) is 26.3 Å². The molecular formula is C16H35NO2Sn. The Morgan fingerprint density at radius 1 is 0.900 bits per heavy atom. The van der Waals surface area contributed by atoms with Crippen molar-refractivity contribution in [2.45, 2.75) is 68.2 Å². The van der Waals surface area contributed by atoms with Crippen LogP contribution in [-0.2, 0) is 6.15 Å². The molecule has 0 N–H and O–H groups in total. The Morgan fingerprint density at radius 2 is 1.35 bits per heavy atom. The van der Waals surface area contributed by atoms with Gasteiger partial charge in [-0.2, -0.15) is 0 Å². The average Bonchev–Trinajstić information content (AvgIpc) is 2.24. The van der Waals surface area contributed by atoms with E-state index in [1.807, 2.05) is 0 Å². The van der Waals surface area contributed by atoms with Crippen LogP contribution in [0.1, 0.15) is 61.3 Å². The van der Waals surface area contributed by atoms with Crippen molar-refractivity contribution in [3.8, 4) is 0 Å². The number of nitrogens with zero attached hydrogens (tertiary/aromatic N) is 1. The Morgan fingerprint density at radius 3 is 1.70 bits per heavy atom. The second-order valence-electron chi connectivity index (χ2n) is 8.01. The minimum atomic E-state index is -3.15. The topological polar surface area (TPSA) is 21.7 Å². The normalized spacial score (nSPS) is 22.4. The van der Waals surface area contributed by atoms with Gasteiger partial charge < -0.3 is 0 Å². The molecular weight excluding hydrogens is 357 g/mol. The number of hydrogen-bond acceptors (Lipinski definition) is 3. The van der Waals surface area contributed by atoms with Gasteiger partial charge in [0.25, 0.3) is 0 Å². The number of hydrogen-bond donors (Lipinski definition) is 0. The summed E-state index contributed by atoms with van der Waals surface area (Å²) in [6.07, 6.45) is 2.53. The standard InChI is InChI=1S/C8H17NO2.2C4H9.Sn/c1-2-3-4-9(5-7-10)6-8-11;2*1-4(2)3;/h2-8H2,1H3;2*1-3H3;/q-2;;;+2. The van der Waals surface area contributed by atoms with E-state index in [2.05, 4.69) is 53.4 Å². The summed E-state index contributed by atoms with van der Waals surface area (Å²) in [4.78, 5) is 2.49. The van der Waals surface area contributed by atoms with Gasteiger partial charge in [0.1, 0.15) is 0 Å². The van der Waals surface area contributed by atoms with Gasteiger partial charge in [-0.1, -0.05) is 0 Å². The zero-order valence-electron chi connectivity index (χ0n) is 14.7. The van der Waals surface area contributed by atoms with Crippen molar-refractivity contribution < 1.29 is 6.15 Å². The Kier molecular flexibility index (Phi) is 6.83. The third-order valence-corrected chi connectivity index (χ3v) is 19.0. The van der Waals surface area contributed by atoms with E-state index >= 15 is 0 Å². The molecule has 0 amide bonds. The molecule has 0 radical (unpaired) electrons. The van der Waals surface area contributed by atoms with Crippen LogP contribution in [0, 0.1) is 0 Å². The first-order chi connectivity index (χ1) is 9.14. The van der Waals surface area contributed by atoms with Crippen LogP contribution in [0.15, 0.2) is 0 Å². The molecule has 0 aromatic rings. The van der Waals surface area contributed by atoms with E-state index in [1.54, 1.807) is 0 Å². The van der Waals surface area contributed by atoms with E-state index in [9.17, 15) is 0 Å². The second kappa shape index (κ2) is 7.29. The Balaban J connectivity index is 2.78. The van der Waals surface area contributed by atoms with Crippen LogP contribution in [0.4, 0.5) is 0 Å². The van der Waals surface area contributed by atoms with Gasteiger partial charge in [-0.15, -0.1) is 0 Å². The van der Waals surface area contributed by atoms with Crippen LogP contribution >= 0.6 is 0 Å². The van der Waals surface area contributed by atoms with Crippen molar-refractivity contribution in [1.82, 2.24) is 4.90 Å². The number of rotatable bonds is 3. The molecule has 120 valence electrons. The fourth-order valence-corrected chi connectivity index (χ4v) is 17.2. The number of unbranched alkanes of at least 4 members (excludes halogenated alkanes) is 1. The Bertz CT molecular complexity index is 268. The molecule has 0 saturated carbocycles. The molecule has 3 nitrogen and oxygen atoms in total. The average molecular weight is 392 g/mol. The summed E-state index contributed by atoms with van der Waals surface area (Å²) in [5.74, 6) is 0. The van der Waals surface area contributed by atoms with Gasteiger partial charge in [-0.05, 0) is 0 Å². The first-order valence-corrected chi connectivity index (χ1v) is 13.3.